The van der Waals surface area contributed by atoms with Gasteiger partial charge in [0.2, 0.25) is 0 Å². The first-order chi connectivity index (χ1) is 12.1. The van der Waals surface area contributed by atoms with E-state index in [1.165, 1.54) is 19.2 Å². The van der Waals surface area contributed by atoms with E-state index in [9.17, 15) is 22.4 Å². The maximum Gasteiger partial charge on any atom is 0.417 e. The number of nitrogens with zero attached hydrogens (tertiary/aromatic N) is 3. The van der Waals surface area contributed by atoms with E-state index in [-0.39, 0.29) is 22.7 Å². The van der Waals surface area contributed by atoms with Crippen LogP contribution in [0.3, 0.4) is 0 Å². The number of carbonyl (C=O) groups is 1. The van der Waals surface area contributed by atoms with Crippen molar-refractivity contribution in [2.45, 2.75) is 19.1 Å². The highest BCUT2D eigenvalue weighted by atomic mass is 35.5. The summed E-state index contributed by atoms with van der Waals surface area (Å²) >= 11 is 6.00. The van der Waals surface area contributed by atoms with E-state index in [2.05, 4.69) is 9.98 Å². The van der Waals surface area contributed by atoms with E-state index in [0.717, 1.165) is 12.1 Å². The van der Waals surface area contributed by atoms with Gasteiger partial charge >= 0.3 is 6.18 Å². The summed E-state index contributed by atoms with van der Waals surface area (Å²) in [6.07, 6.45) is -3.51. The summed E-state index contributed by atoms with van der Waals surface area (Å²) in [5, 5.41) is -0.0835. The normalized spacial score (nSPS) is 17.7. The van der Waals surface area contributed by atoms with Crippen molar-refractivity contribution < 1.29 is 22.4 Å². The number of rotatable bonds is 1. The molecular weight excluding hydrogens is 376 g/mol. The Morgan fingerprint density at radius 1 is 1.27 bits per heavy atom. The molecule has 5 nitrogen and oxygen atoms in total. The number of carbonyl (C=O) groups excluding carboxylic acids is 1. The number of halogens is 5. The van der Waals surface area contributed by atoms with Gasteiger partial charge in [-0.2, -0.15) is 13.2 Å². The number of hydrogen-bond donors (Lipinski definition) is 1. The van der Waals surface area contributed by atoms with Crippen LogP contribution in [0.4, 0.5) is 23.2 Å². The average Bonchev–Trinajstić information content (AvgIpc) is 2.66. The molecular formula is C16H11ClF4N4O. The summed E-state index contributed by atoms with van der Waals surface area (Å²) in [7, 11) is 0. The molecule has 1 aliphatic heterocycles. The van der Waals surface area contributed by atoms with Gasteiger partial charge in [0.05, 0.1) is 22.0 Å². The summed E-state index contributed by atoms with van der Waals surface area (Å²) in [5.41, 5.74) is -2.19. The minimum absolute atomic E-state index is 0.124. The lowest BCUT2D eigenvalue weighted by atomic mass is 10.0. The number of nitrogens with two attached hydrogens (primary N) is 1. The number of alkyl halides is 3. The predicted octanol–water partition coefficient (Wildman–Crippen LogP) is 3.34. The highest BCUT2D eigenvalue weighted by Crippen LogP contribution is 2.41. The standard InChI is InChI=1S/C16H11ClF4N4O/c1-7-15(26)25(22)10-5-4-8(16(19,20)21)12(17)11(10)14(24-7)13-9(18)3-2-6-23-13/h2-7H,22H2,1H3/t7-/m0/s1. The number of anilines is 1. The Morgan fingerprint density at radius 3 is 2.58 bits per heavy atom. The van der Waals surface area contributed by atoms with Gasteiger partial charge in [0.25, 0.3) is 5.91 Å². The Balaban J connectivity index is 2.39. The molecule has 2 aromatic rings. The Labute approximate surface area is 150 Å². The maximum absolute atomic E-state index is 14.2. The zero-order chi connectivity index (χ0) is 19.2. The second-order valence-electron chi connectivity index (χ2n) is 5.51. The summed E-state index contributed by atoms with van der Waals surface area (Å²) in [5.74, 6) is 4.23. The van der Waals surface area contributed by atoms with Crippen LogP contribution in [0, 0.1) is 5.82 Å². The summed E-state index contributed by atoms with van der Waals surface area (Å²) in [4.78, 5) is 20.2. The number of benzene rings is 1. The smallest absolute Gasteiger partial charge is 0.271 e. The van der Waals surface area contributed by atoms with Gasteiger partial charge < -0.3 is 0 Å². The van der Waals surface area contributed by atoms with Crippen LogP contribution in [0.15, 0.2) is 35.5 Å². The van der Waals surface area contributed by atoms with Gasteiger partial charge in [-0.15, -0.1) is 0 Å². The van der Waals surface area contributed by atoms with E-state index in [0.29, 0.717) is 11.1 Å². The number of aromatic nitrogens is 1. The lowest BCUT2D eigenvalue weighted by Gasteiger charge is -2.21. The van der Waals surface area contributed by atoms with Gasteiger partial charge in [-0.3, -0.25) is 14.8 Å². The van der Waals surface area contributed by atoms with E-state index < -0.39 is 34.5 Å². The highest BCUT2D eigenvalue weighted by molar-refractivity contribution is 6.38. The number of pyridine rings is 1. The molecule has 0 bridgehead atoms. The molecule has 0 aliphatic carbocycles. The van der Waals surface area contributed by atoms with Crippen LogP contribution in [0.5, 0.6) is 0 Å². The molecule has 136 valence electrons. The van der Waals surface area contributed by atoms with Gasteiger partial charge in [-0.1, -0.05) is 11.6 Å². The fourth-order valence-corrected chi connectivity index (χ4v) is 2.94. The molecule has 1 aromatic carbocycles. The molecule has 2 N–H and O–H groups in total. The zero-order valence-electron chi connectivity index (χ0n) is 13.2. The first-order valence-electron chi connectivity index (χ1n) is 7.30. The van der Waals surface area contributed by atoms with Crippen LogP contribution < -0.4 is 10.9 Å². The van der Waals surface area contributed by atoms with Gasteiger partial charge in [0.15, 0.2) is 5.82 Å². The third-order valence-corrected chi connectivity index (χ3v) is 4.21. The van der Waals surface area contributed by atoms with Gasteiger partial charge in [0, 0.05) is 11.8 Å². The predicted molar refractivity (Wildman–Crippen MR) is 87.4 cm³/mol. The van der Waals surface area contributed by atoms with Crippen molar-refractivity contribution in [1.82, 2.24) is 4.98 Å². The van der Waals surface area contributed by atoms with Crippen molar-refractivity contribution in [2.75, 3.05) is 5.01 Å². The SMILES string of the molecule is C[C@@H]1N=C(c2ncccc2F)c2c(ccc(C(F)(F)F)c2Cl)N(N)C1=O. The van der Waals surface area contributed by atoms with E-state index >= 15 is 0 Å². The van der Waals surface area contributed by atoms with Crippen molar-refractivity contribution in [3.05, 3.63) is 58.1 Å². The Kier molecular flexibility index (Phi) is 4.45. The molecule has 0 radical (unpaired) electrons. The summed E-state index contributed by atoms with van der Waals surface area (Å²) in [6, 6.07) is 3.01. The van der Waals surface area contributed by atoms with Crippen molar-refractivity contribution in [3.8, 4) is 0 Å². The van der Waals surface area contributed by atoms with Crippen LogP contribution in [-0.4, -0.2) is 22.6 Å². The lowest BCUT2D eigenvalue weighted by molar-refractivity contribution is -0.137. The van der Waals surface area contributed by atoms with Crippen molar-refractivity contribution >= 4 is 28.9 Å². The molecule has 2 heterocycles. The largest absolute Gasteiger partial charge is 0.417 e. The minimum Gasteiger partial charge on any atom is -0.271 e. The molecule has 1 atom stereocenters. The summed E-state index contributed by atoms with van der Waals surface area (Å²) < 4.78 is 54.0. The van der Waals surface area contributed by atoms with Crippen LogP contribution in [0.1, 0.15) is 23.7 Å². The zero-order valence-corrected chi connectivity index (χ0v) is 13.9. The van der Waals surface area contributed by atoms with Gasteiger partial charge in [-0.25, -0.2) is 15.2 Å². The maximum atomic E-state index is 14.2. The number of amides is 1. The molecule has 0 spiro atoms. The number of hydrazine groups is 1. The van der Waals surface area contributed by atoms with Gasteiger partial charge in [0.1, 0.15) is 11.7 Å². The molecule has 3 rings (SSSR count). The second kappa shape index (κ2) is 6.33. The van der Waals surface area contributed by atoms with Crippen molar-refractivity contribution in [3.63, 3.8) is 0 Å². The van der Waals surface area contributed by atoms with E-state index in [1.807, 2.05) is 0 Å². The van der Waals surface area contributed by atoms with Gasteiger partial charge in [-0.05, 0) is 31.2 Å². The highest BCUT2D eigenvalue weighted by Gasteiger charge is 2.38. The fourth-order valence-electron chi connectivity index (χ4n) is 2.58. The Hall–Kier alpha value is -2.52. The Bertz CT molecular complexity index is 929. The van der Waals surface area contributed by atoms with E-state index in [4.69, 9.17) is 17.4 Å². The Morgan fingerprint density at radius 2 is 1.96 bits per heavy atom. The molecule has 0 saturated carbocycles. The number of benzodiazepines with no additional fused rings is 1. The van der Waals surface area contributed by atoms with E-state index in [1.54, 1.807) is 0 Å². The first-order valence-corrected chi connectivity index (χ1v) is 7.68. The molecule has 0 unspecified atom stereocenters. The molecule has 1 aliphatic rings. The molecule has 1 amide bonds. The van der Waals surface area contributed by atoms with Crippen LogP contribution >= 0.6 is 11.6 Å². The number of aliphatic imine (C=N–C) groups is 1. The number of fused-ring (bicyclic) bond motifs is 1. The van der Waals surface area contributed by atoms with Crippen molar-refractivity contribution in [1.29, 1.82) is 0 Å². The van der Waals surface area contributed by atoms with Crippen LogP contribution in [-0.2, 0) is 11.0 Å². The molecule has 0 saturated heterocycles. The first kappa shape index (κ1) is 18.3. The lowest BCUT2D eigenvalue weighted by Crippen LogP contribution is -2.42. The quantitative estimate of drug-likeness (QED) is 0.464. The fraction of sp³-hybridized carbons (Fsp3) is 0.188. The second-order valence-corrected chi connectivity index (χ2v) is 5.89. The minimum atomic E-state index is -4.76. The van der Waals surface area contributed by atoms with Crippen LogP contribution in [0.2, 0.25) is 5.02 Å². The third-order valence-electron chi connectivity index (χ3n) is 3.82. The molecule has 1 aromatic heterocycles. The monoisotopic (exact) mass is 386 g/mol. The summed E-state index contributed by atoms with van der Waals surface area (Å²) in [6.45, 7) is 1.38. The topological polar surface area (TPSA) is 71.6 Å². The molecule has 10 heteroatoms. The molecule has 26 heavy (non-hydrogen) atoms. The van der Waals surface area contributed by atoms with Crippen molar-refractivity contribution in [2.24, 2.45) is 10.8 Å². The average molecular weight is 387 g/mol. The molecule has 0 fully saturated rings. The van der Waals surface area contributed by atoms with Crippen LogP contribution in [0.25, 0.3) is 0 Å². The number of hydrogen-bond acceptors (Lipinski definition) is 4. The third kappa shape index (κ3) is 2.93.